The SMILES string of the molecule is CCCN1C(=O)c2cccc(c2C)C2=CCC(CCCn3ccnc3)(C=C2)C1=O. The van der Waals surface area contributed by atoms with E-state index in [0.29, 0.717) is 24.9 Å². The van der Waals surface area contributed by atoms with E-state index in [4.69, 9.17) is 0 Å². The molecule has 5 nitrogen and oxygen atoms in total. The number of hydrogen-bond acceptors (Lipinski definition) is 3. The summed E-state index contributed by atoms with van der Waals surface area (Å²) in [5.74, 6) is -0.250. The number of carbonyl (C=O) groups excluding carboxylic acids is 2. The van der Waals surface area contributed by atoms with Crippen LogP contribution in [-0.2, 0) is 11.3 Å². The summed E-state index contributed by atoms with van der Waals surface area (Å²) in [5, 5.41) is 0. The summed E-state index contributed by atoms with van der Waals surface area (Å²) in [6.45, 7) is 5.22. The molecule has 5 rings (SSSR count). The van der Waals surface area contributed by atoms with Gasteiger partial charge in [-0.15, -0.1) is 0 Å². The Bertz CT molecular complexity index is 988. The molecule has 5 heteroatoms. The summed E-state index contributed by atoms with van der Waals surface area (Å²) in [5.41, 5.74) is 3.07. The largest absolute Gasteiger partial charge is 0.337 e. The molecule has 1 aromatic carbocycles. The van der Waals surface area contributed by atoms with Gasteiger partial charge in [0.05, 0.1) is 11.7 Å². The number of rotatable bonds is 6. The van der Waals surface area contributed by atoms with Gasteiger partial charge in [-0.25, -0.2) is 4.98 Å². The summed E-state index contributed by atoms with van der Waals surface area (Å²) in [6.07, 6.45) is 14.7. The zero-order valence-electron chi connectivity index (χ0n) is 17.1. The lowest BCUT2D eigenvalue weighted by atomic mass is 9.73. The van der Waals surface area contributed by atoms with E-state index in [1.54, 1.807) is 12.5 Å². The van der Waals surface area contributed by atoms with E-state index in [2.05, 4.69) is 23.2 Å². The van der Waals surface area contributed by atoms with E-state index < -0.39 is 5.41 Å². The van der Waals surface area contributed by atoms with Crippen LogP contribution in [0.25, 0.3) is 5.57 Å². The van der Waals surface area contributed by atoms with Crippen molar-refractivity contribution in [1.82, 2.24) is 14.5 Å². The quantitative estimate of drug-likeness (QED) is 0.689. The van der Waals surface area contributed by atoms with Crippen molar-refractivity contribution < 1.29 is 9.59 Å². The molecular weight excluding hydrogens is 362 g/mol. The summed E-state index contributed by atoms with van der Waals surface area (Å²) in [7, 11) is 0. The summed E-state index contributed by atoms with van der Waals surface area (Å²) >= 11 is 0. The van der Waals surface area contributed by atoms with Crippen LogP contribution in [0.3, 0.4) is 0 Å². The van der Waals surface area contributed by atoms with Crippen molar-refractivity contribution in [2.75, 3.05) is 6.54 Å². The van der Waals surface area contributed by atoms with E-state index in [1.165, 1.54) is 4.90 Å². The number of aromatic nitrogens is 2. The Morgan fingerprint density at radius 3 is 2.69 bits per heavy atom. The van der Waals surface area contributed by atoms with Crippen LogP contribution in [0.15, 0.2) is 55.1 Å². The fraction of sp³-hybridized carbons (Fsp3) is 0.375. The van der Waals surface area contributed by atoms with Gasteiger partial charge in [0.25, 0.3) is 5.91 Å². The lowest BCUT2D eigenvalue weighted by Crippen LogP contribution is -2.47. The molecule has 0 N–H and O–H groups in total. The van der Waals surface area contributed by atoms with Crippen molar-refractivity contribution in [2.45, 2.75) is 46.1 Å². The van der Waals surface area contributed by atoms with Crippen LogP contribution in [-0.4, -0.2) is 32.8 Å². The number of nitrogens with zero attached hydrogens (tertiary/aromatic N) is 3. The topological polar surface area (TPSA) is 55.2 Å². The van der Waals surface area contributed by atoms with Crippen LogP contribution < -0.4 is 0 Å². The third-order valence-corrected chi connectivity index (χ3v) is 6.11. The zero-order valence-corrected chi connectivity index (χ0v) is 17.1. The van der Waals surface area contributed by atoms with Crippen LogP contribution in [0.1, 0.15) is 54.1 Å². The second-order valence-corrected chi connectivity index (χ2v) is 8.00. The number of carbonyl (C=O) groups is 2. The van der Waals surface area contributed by atoms with Crippen LogP contribution in [0.2, 0.25) is 0 Å². The fourth-order valence-corrected chi connectivity index (χ4v) is 4.44. The minimum absolute atomic E-state index is 0.0757. The lowest BCUT2D eigenvalue weighted by Gasteiger charge is -2.37. The Kier molecular flexibility index (Phi) is 5.22. The van der Waals surface area contributed by atoms with Crippen molar-refractivity contribution in [3.05, 3.63) is 71.8 Å². The van der Waals surface area contributed by atoms with Crippen molar-refractivity contribution in [1.29, 1.82) is 0 Å². The highest BCUT2D eigenvalue weighted by molar-refractivity contribution is 6.09. The second-order valence-electron chi connectivity index (χ2n) is 8.00. The monoisotopic (exact) mass is 389 g/mol. The molecule has 1 unspecified atom stereocenters. The third kappa shape index (κ3) is 3.46. The third-order valence-electron chi connectivity index (χ3n) is 6.11. The van der Waals surface area contributed by atoms with E-state index in [0.717, 1.165) is 36.1 Å². The van der Waals surface area contributed by atoms with Gasteiger partial charge < -0.3 is 4.57 Å². The Morgan fingerprint density at radius 2 is 2.00 bits per heavy atom. The van der Waals surface area contributed by atoms with E-state index in [9.17, 15) is 9.59 Å². The maximum Gasteiger partial charge on any atom is 0.260 e. The number of allylic oxidation sites excluding steroid dienone is 3. The molecule has 4 bridgehead atoms. The van der Waals surface area contributed by atoms with Crippen molar-refractivity contribution >= 4 is 17.4 Å². The Hall–Kier alpha value is -2.95. The highest BCUT2D eigenvalue weighted by atomic mass is 16.2. The summed E-state index contributed by atoms with van der Waals surface area (Å²) in [6, 6.07) is 5.80. The molecular formula is C24H27N3O2. The first-order valence-electron chi connectivity index (χ1n) is 10.4. The second kappa shape index (κ2) is 7.82. The maximum absolute atomic E-state index is 13.7. The van der Waals surface area contributed by atoms with Crippen LogP contribution in [0.5, 0.6) is 0 Å². The van der Waals surface area contributed by atoms with Gasteiger partial charge in [0.1, 0.15) is 0 Å². The van der Waals surface area contributed by atoms with Crippen LogP contribution in [0, 0.1) is 12.3 Å². The first kappa shape index (κ1) is 19.4. The predicted molar refractivity (Wildman–Crippen MR) is 113 cm³/mol. The molecule has 1 aliphatic carbocycles. The Labute approximate surface area is 171 Å². The van der Waals surface area contributed by atoms with Gasteiger partial charge in [-0.05, 0) is 55.4 Å². The van der Waals surface area contributed by atoms with Crippen molar-refractivity contribution in [3.8, 4) is 0 Å². The van der Waals surface area contributed by atoms with E-state index in [1.807, 2.05) is 42.8 Å². The van der Waals surface area contributed by atoms with Crippen LogP contribution >= 0.6 is 0 Å². The summed E-state index contributed by atoms with van der Waals surface area (Å²) in [4.78, 5) is 32.7. The molecule has 0 spiro atoms. The first-order valence-corrected chi connectivity index (χ1v) is 10.4. The number of imide groups is 1. The van der Waals surface area contributed by atoms with Gasteiger partial charge in [-0.3, -0.25) is 14.5 Å². The number of hydrogen-bond donors (Lipinski definition) is 0. The molecule has 3 heterocycles. The molecule has 2 aliphatic heterocycles. The number of fused-ring (bicyclic) bond motifs is 3. The standard InChI is InChI=1S/C24H27N3O2/c1-3-14-27-22(28)21-7-4-6-20(18(21)2)19-8-11-24(12-9-19,23(27)29)10-5-15-26-16-13-25-17-26/h4,6-9,11,13,16-17H,3,5,10,12,14-15H2,1-2H3. The highest BCUT2D eigenvalue weighted by Crippen LogP contribution is 2.41. The maximum atomic E-state index is 13.7. The predicted octanol–water partition coefficient (Wildman–Crippen LogP) is 4.39. The zero-order chi connectivity index (χ0) is 20.4. The van der Waals surface area contributed by atoms with E-state index in [-0.39, 0.29) is 11.8 Å². The smallest absolute Gasteiger partial charge is 0.260 e. The number of aryl methyl sites for hydroxylation is 1. The molecule has 0 saturated carbocycles. The van der Waals surface area contributed by atoms with E-state index >= 15 is 0 Å². The van der Waals surface area contributed by atoms with Gasteiger partial charge in [-0.2, -0.15) is 0 Å². The fourth-order valence-electron chi connectivity index (χ4n) is 4.44. The summed E-state index contributed by atoms with van der Waals surface area (Å²) < 4.78 is 2.03. The average molecular weight is 389 g/mol. The minimum atomic E-state index is -0.667. The molecule has 0 fully saturated rings. The molecule has 0 radical (unpaired) electrons. The number of benzene rings is 1. The lowest BCUT2D eigenvalue weighted by molar-refractivity contribution is -0.137. The molecule has 2 amide bonds. The molecule has 29 heavy (non-hydrogen) atoms. The van der Waals surface area contributed by atoms with Crippen molar-refractivity contribution in [2.24, 2.45) is 5.41 Å². The van der Waals surface area contributed by atoms with Crippen LogP contribution in [0.4, 0.5) is 0 Å². The van der Waals surface area contributed by atoms with Gasteiger partial charge >= 0.3 is 0 Å². The van der Waals surface area contributed by atoms with Crippen molar-refractivity contribution in [3.63, 3.8) is 0 Å². The molecule has 0 saturated heterocycles. The Balaban J connectivity index is 1.72. The van der Waals surface area contributed by atoms with Gasteiger partial charge in [0.2, 0.25) is 5.91 Å². The highest BCUT2D eigenvalue weighted by Gasteiger charge is 2.42. The minimum Gasteiger partial charge on any atom is -0.337 e. The molecule has 2 aromatic rings. The molecule has 150 valence electrons. The normalized spacial score (nSPS) is 20.9. The first-order chi connectivity index (χ1) is 14.1. The van der Waals surface area contributed by atoms with Gasteiger partial charge in [-0.1, -0.05) is 37.3 Å². The van der Waals surface area contributed by atoms with Gasteiger partial charge in [0, 0.05) is 31.0 Å². The van der Waals surface area contributed by atoms with Gasteiger partial charge in [0.15, 0.2) is 0 Å². The molecule has 1 atom stereocenters. The number of amides is 2. The average Bonchev–Trinajstić information content (AvgIpc) is 3.25. The number of imidazole rings is 1. The molecule has 1 aromatic heterocycles. The molecule has 3 aliphatic rings. The Morgan fingerprint density at radius 1 is 1.17 bits per heavy atom.